The molecule has 158 valence electrons. The molecule has 0 bridgehead atoms. The van der Waals surface area contributed by atoms with Crippen LogP contribution in [0.15, 0.2) is 84.9 Å². The van der Waals surface area contributed by atoms with E-state index in [1.54, 1.807) is 0 Å². The topological polar surface area (TPSA) is 26.3 Å². The standard InChI is InChI=1S/C30H26O2/c1-19-9-5-6-10-22(19)20-13-15-24-25-16-14-21(18-28(25)30(2,3)27(24)17-20)23-11-7-8-12-26(23)29(31)32-4/h5-18H,1-4H3. The molecule has 0 saturated carbocycles. The minimum atomic E-state index is -0.313. The molecule has 0 heterocycles. The van der Waals surface area contributed by atoms with Crippen LogP contribution in [0, 0.1) is 6.92 Å². The third-order valence-corrected chi connectivity index (χ3v) is 6.78. The third kappa shape index (κ3) is 3.06. The fourth-order valence-electron chi connectivity index (χ4n) is 4.99. The minimum absolute atomic E-state index is 0.139. The zero-order valence-electron chi connectivity index (χ0n) is 18.9. The van der Waals surface area contributed by atoms with Gasteiger partial charge >= 0.3 is 5.97 Å². The molecule has 32 heavy (non-hydrogen) atoms. The minimum Gasteiger partial charge on any atom is -0.465 e. The molecule has 0 unspecified atom stereocenters. The van der Waals surface area contributed by atoms with Crippen LogP contribution < -0.4 is 0 Å². The van der Waals surface area contributed by atoms with Crippen LogP contribution >= 0.6 is 0 Å². The van der Waals surface area contributed by atoms with Crippen molar-refractivity contribution in [2.75, 3.05) is 7.11 Å². The van der Waals surface area contributed by atoms with Crippen molar-refractivity contribution in [3.63, 3.8) is 0 Å². The Hall–Kier alpha value is -3.65. The molecule has 0 amide bonds. The molecule has 0 atom stereocenters. The molecular formula is C30H26O2. The van der Waals surface area contributed by atoms with Crippen LogP contribution in [0.2, 0.25) is 0 Å². The summed E-state index contributed by atoms with van der Waals surface area (Å²) in [6, 6.07) is 29.5. The lowest BCUT2D eigenvalue weighted by molar-refractivity contribution is 0.0601. The fourth-order valence-corrected chi connectivity index (χ4v) is 4.99. The lowest BCUT2D eigenvalue weighted by Gasteiger charge is -2.23. The van der Waals surface area contributed by atoms with Crippen LogP contribution in [-0.2, 0) is 10.2 Å². The van der Waals surface area contributed by atoms with E-state index in [0.717, 1.165) is 11.1 Å². The van der Waals surface area contributed by atoms with Crippen molar-refractivity contribution in [3.8, 4) is 33.4 Å². The number of rotatable bonds is 3. The first-order valence-electron chi connectivity index (χ1n) is 10.9. The number of benzene rings is 4. The molecule has 0 N–H and O–H groups in total. The van der Waals surface area contributed by atoms with Gasteiger partial charge in [0.2, 0.25) is 0 Å². The highest BCUT2D eigenvalue weighted by molar-refractivity contribution is 5.98. The van der Waals surface area contributed by atoms with E-state index in [-0.39, 0.29) is 11.4 Å². The number of esters is 1. The highest BCUT2D eigenvalue weighted by Crippen LogP contribution is 2.50. The summed E-state index contributed by atoms with van der Waals surface area (Å²) in [7, 11) is 1.42. The molecule has 0 saturated heterocycles. The second-order valence-electron chi connectivity index (χ2n) is 9.00. The Bertz CT molecular complexity index is 1360. The molecule has 0 fully saturated rings. The van der Waals surface area contributed by atoms with Crippen molar-refractivity contribution in [2.45, 2.75) is 26.2 Å². The average Bonchev–Trinajstić information content (AvgIpc) is 3.05. The van der Waals surface area contributed by atoms with Crippen molar-refractivity contribution < 1.29 is 9.53 Å². The predicted molar refractivity (Wildman–Crippen MR) is 131 cm³/mol. The summed E-state index contributed by atoms with van der Waals surface area (Å²) >= 11 is 0. The van der Waals surface area contributed by atoms with Gasteiger partial charge in [0.25, 0.3) is 0 Å². The molecule has 1 aliphatic rings. The van der Waals surface area contributed by atoms with Gasteiger partial charge in [-0.3, -0.25) is 0 Å². The van der Waals surface area contributed by atoms with Crippen LogP contribution in [0.5, 0.6) is 0 Å². The van der Waals surface area contributed by atoms with Gasteiger partial charge in [-0.25, -0.2) is 4.79 Å². The Morgan fingerprint density at radius 1 is 0.688 bits per heavy atom. The molecule has 2 nitrogen and oxygen atoms in total. The zero-order valence-corrected chi connectivity index (χ0v) is 18.9. The number of carbonyl (C=O) groups excluding carboxylic acids is 1. The summed E-state index contributed by atoms with van der Waals surface area (Å²) in [5.41, 5.74) is 11.4. The summed E-state index contributed by atoms with van der Waals surface area (Å²) in [5, 5.41) is 0. The molecular weight excluding hydrogens is 392 g/mol. The molecule has 0 aromatic heterocycles. The molecule has 5 rings (SSSR count). The lowest BCUT2D eigenvalue weighted by Crippen LogP contribution is -2.15. The Morgan fingerprint density at radius 3 is 1.81 bits per heavy atom. The van der Waals surface area contributed by atoms with E-state index in [9.17, 15) is 4.79 Å². The van der Waals surface area contributed by atoms with Gasteiger partial charge in [-0.1, -0.05) is 80.6 Å². The SMILES string of the molecule is COC(=O)c1ccccc1-c1ccc2c(c1)C(C)(C)c1cc(-c3ccccc3C)ccc1-2. The maximum Gasteiger partial charge on any atom is 0.338 e. The average molecular weight is 419 g/mol. The largest absolute Gasteiger partial charge is 0.465 e. The lowest BCUT2D eigenvalue weighted by atomic mass is 9.80. The second-order valence-corrected chi connectivity index (χ2v) is 9.00. The van der Waals surface area contributed by atoms with Crippen LogP contribution in [0.1, 0.15) is 40.9 Å². The monoisotopic (exact) mass is 418 g/mol. The predicted octanol–water partition coefficient (Wildman–Crippen LogP) is 7.42. The number of methoxy groups -OCH3 is 1. The Morgan fingerprint density at radius 2 is 1.22 bits per heavy atom. The van der Waals surface area contributed by atoms with E-state index in [1.165, 1.54) is 46.1 Å². The number of hydrogen-bond donors (Lipinski definition) is 0. The highest BCUT2D eigenvalue weighted by Gasteiger charge is 2.36. The van der Waals surface area contributed by atoms with Crippen LogP contribution in [0.3, 0.4) is 0 Å². The van der Waals surface area contributed by atoms with Crippen LogP contribution in [0.4, 0.5) is 0 Å². The quantitative estimate of drug-likeness (QED) is 0.324. The summed E-state index contributed by atoms with van der Waals surface area (Å²) in [6.07, 6.45) is 0. The van der Waals surface area contributed by atoms with Gasteiger partial charge in [-0.15, -0.1) is 0 Å². The van der Waals surface area contributed by atoms with Gasteiger partial charge in [0.1, 0.15) is 0 Å². The smallest absolute Gasteiger partial charge is 0.338 e. The maximum atomic E-state index is 12.3. The first kappa shape index (κ1) is 20.3. The fraction of sp³-hybridized carbons (Fsp3) is 0.167. The van der Waals surface area contributed by atoms with E-state index >= 15 is 0 Å². The maximum absolute atomic E-state index is 12.3. The number of aryl methyl sites for hydroxylation is 1. The summed E-state index contributed by atoms with van der Waals surface area (Å²) in [5.74, 6) is -0.313. The molecule has 2 heteroatoms. The second kappa shape index (κ2) is 7.49. The van der Waals surface area contributed by atoms with Crippen molar-refractivity contribution in [2.24, 2.45) is 0 Å². The summed E-state index contributed by atoms with van der Waals surface area (Å²) in [6.45, 7) is 6.73. The molecule has 4 aromatic rings. The van der Waals surface area contributed by atoms with Gasteiger partial charge in [-0.05, 0) is 75.2 Å². The van der Waals surface area contributed by atoms with Gasteiger partial charge in [0, 0.05) is 5.41 Å². The van der Waals surface area contributed by atoms with Crippen LogP contribution in [0.25, 0.3) is 33.4 Å². The number of carbonyl (C=O) groups is 1. The van der Waals surface area contributed by atoms with E-state index in [0.29, 0.717) is 5.56 Å². The summed E-state index contributed by atoms with van der Waals surface area (Å²) < 4.78 is 5.01. The summed E-state index contributed by atoms with van der Waals surface area (Å²) in [4.78, 5) is 12.3. The zero-order chi connectivity index (χ0) is 22.5. The normalized spacial score (nSPS) is 13.4. The van der Waals surface area contributed by atoms with E-state index < -0.39 is 0 Å². The first-order valence-corrected chi connectivity index (χ1v) is 10.9. The molecule has 1 aliphatic carbocycles. The molecule has 0 radical (unpaired) electrons. The third-order valence-electron chi connectivity index (χ3n) is 6.78. The van der Waals surface area contributed by atoms with E-state index in [1.807, 2.05) is 24.3 Å². The van der Waals surface area contributed by atoms with Gasteiger partial charge < -0.3 is 4.74 Å². The van der Waals surface area contributed by atoms with E-state index in [2.05, 4.69) is 81.4 Å². The van der Waals surface area contributed by atoms with Crippen molar-refractivity contribution in [1.82, 2.24) is 0 Å². The number of fused-ring (bicyclic) bond motifs is 3. The van der Waals surface area contributed by atoms with Gasteiger partial charge in [0.05, 0.1) is 12.7 Å². The van der Waals surface area contributed by atoms with Crippen molar-refractivity contribution >= 4 is 5.97 Å². The van der Waals surface area contributed by atoms with Gasteiger partial charge in [0.15, 0.2) is 0 Å². The molecule has 0 spiro atoms. The van der Waals surface area contributed by atoms with E-state index in [4.69, 9.17) is 4.74 Å². The Kier molecular flexibility index (Phi) is 4.74. The van der Waals surface area contributed by atoms with Gasteiger partial charge in [-0.2, -0.15) is 0 Å². The molecule has 4 aromatic carbocycles. The number of hydrogen-bond acceptors (Lipinski definition) is 2. The number of ether oxygens (including phenoxy) is 1. The van der Waals surface area contributed by atoms with Crippen molar-refractivity contribution in [1.29, 1.82) is 0 Å². The Balaban J connectivity index is 1.64. The van der Waals surface area contributed by atoms with Crippen LogP contribution in [-0.4, -0.2) is 13.1 Å². The van der Waals surface area contributed by atoms with Crippen molar-refractivity contribution in [3.05, 3.63) is 107 Å². The Labute approximate surface area is 189 Å². The first-order chi connectivity index (χ1) is 15.4. The molecule has 0 aliphatic heterocycles. The highest BCUT2D eigenvalue weighted by atomic mass is 16.5.